The molecule has 1 atom stereocenters. The van der Waals surface area contributed by atoms with Crippen LogP contribution in [0.1, 0.15) is 24.0 Å². The van der Waals surface area contributed by atoms with Gasteiger partial charge in [0, 0.05) is 44.0 Å². The molecule has 2 aromatic rings. The smallest absolute Gasteiger partial charge is 0.155 e. The van der Waals surface area contributed by atoms with Crippen molar-refractivity contribution >= 4 is 5.82 Å². The third-order valence-electron chi connectivity index (χ3n) is 4.64. The van der Waals surface area contributed by atoms with Crippen molar-refractivity contribution in [3.8, 4) is 17.0 Å². The van der Waals surface area contributed by atoms with Gasteiger partial charge in [-0.25, -0.2) is 4.98 Å². The van der Waals surface area contributed by atoms with Crippen molar-refractivity contribution in [3.63, 3.8) is 0 Å². The second kappa shape index (κ2) is 5.81. The van der Waals surface area contributed by atoms with Crippen molar-refractivity contribution in [3.05, 3.63) is 35.7 Å². The van der Waals surface area contributed by atoms with E-state index in [4.69, 9.17) is 10.5 Å². The van der Waals surface area contributed by atoms with E-state index in [0.29, 0.717) is 6.54 Å². The first-order valence-electron chi connectivity index (χ1n) is 8.33. The number of aryl methyl sites for hydroxylation is 1. The van der Waals surface area contributed by atoms with Crippen molar-refractivity contribution < 1.29 is 4.74 Å². The van der Waals surface area contributed by atoms with E-state index in [0.717, 1.165) is 42.3 Å². The van der Waals surface area contributed by atoms with E-state index in [9.17, 15) is 0 Å². The molecule has 0 bridgehead atoms. The van der Waals surface area contributed by atoms with Gasteiger partial charge >= 0.3 is 0 Å². The van der Waals surface area contributed by atoms with Crippen molar-refractivity contribution in [2.75, 3.05) is 24.5 Å². The zero-order valence-corrected chi connectivity index (χ0v) is 13.5. The van der Waals surface area contributed by atoms with Gasteiger partial charge in [0.15, 0.2) is 5.82 Å². The van der Waals surface area contributed by atoms with Gasteiger partial charge in [-0.1, -0.05) is 6.07 Å². The molecule has 1 fully saturated rings. The minimum Gasteiger partial charge on any atom is -0.488 e. The maximum Gasteiger partial charge on any atom is 0.155 e. The summed E-state index contributed by atoms with van der Waals surface area (Å²) in [6.07, 6.45) is 6.91. The average Bonchev–Trinajstić information content (AvgIpc) is 3.23. The Morgan fingerprint density at radius 1 is 1.22 bits per heavy atom. The summed E-state index contributed by atoms with van der Waals surface area (Å²) in [5.74, 6) is 1.91. The van der Waals surface area contributed by atoms with Crippen LogP contribution in [-0.2, 0) is 6.42 Å². The number of ether oxygens (including phenoxy) is 1. The molecular weight excluding hydrogens is 288 g/mol. The summed E-state index contributed by atoms with van der Waals surface area (Å²) in [4.78, 5) is 11.6. The molecule has 0 radical (unpaired) electrons. The quantitative estimate of drug-likeness (QED) is 0.942. The highest BCUT2D eigenvalue weighted by atomic mass is 16.5. The van der Waals surface area contributed by atoms with E-state index in [-0.39, 0.29) is 6.10 Å². The third kappa shape index (κ3) is 2.55. The number of rotatable bonds is 3. The molecule has 120 valence electrons. The molecule has 1 aromatic carbocycles. The molecule has 0 aliphatic carbocycles. The maximum absolute atomic E-state index is 6.10. The fraction of sp³-hybridized carbons (Fsp3) is 0.444. The standard InChI is InChI=1S/C18H22N4O/c1-12-8-13-10-14(11-19)23-17(13)15(9-12)16-18(21-5-4-20-16)22-6-2-3-7-22/h4-5,8-9,14H,2-3,6-7,10-11,19H2,1H3/t14-/m1/s1. The number of hydrogen-bond acceptors (Lipinski definition) is 5. The highest BCUT2D eigenvalue weighted by Crippen LogP contribution is 2.41. The zero-order chi connectivity index (χ0) is 15.8. The first-order chi connectivity index (χ1) is 11.3. The van der Waals surface area contributed by atoms with Crippen molar-refractivity contribution in [1.29, 1.82) is 0 Å². The van der Waals surface area contributed by atoms with E-state index in [1.807, 2.05) is 0 Å². The van der Waals surface area contributed by atoms with Crippen LogP contribution in [0.5, 0.6) is 5.75 Å². The molecule has 23 heavy (non-hydrogen) atoms. The second-order valence-corrected chi connectivity index (χ2v) is 6.40. The van der Waals surface area contributed by atoms with Gasteiger partial charge in [0.05, 0.1) is 0 Å². The molecule has 4 rings (SSSR count). The minimum atomic E-state index is 0.0671. The molecule has 0 amide bonds. The van der Waals surface area contributed by atoms with Crippen LogP contribution in [0, 0.1) is 6.92 Å². The predicted molar refractivity (Wildman–Crippen MR) is 90.8 cm³/mol. The number of nitrogens with two attached hydrogens (primary N) is 1. The molecule has 5 nitrogen and oxygen atoms in total. The first-order valence-corrected chi connectivity index (χ1v) is 8.33. The molecule has 1 saturated heterocycles. The molecule has 0 spiro atoms. The normalized spacial score (nSPS) is 19.7. The van der Waals surface area contributed by atoms with E-state index in [2.05, 4.69) is 33.9 Å². The Bertz CT molecular complexity index is 725. The number of hydrogen-bond donors (Lipinski definition) is 1. The van der Waals surface area contributed by atoms with Gasteiger partial charge in [-0.05, 0) is 37.0 Å². The van der Waals surface area contributed by atoms with Gasteiger partial charge in [-0.2, -0.15) is 0 Å². The monoisotopic (exact) mass is 310 g/mol. The van der Waals surface area contributed by atoms with Crippen LogP contribution in [0.2, 0.25) is 0 Å². The zero-order valence-electron chi connectivity index (χ0n) is 13.5. The summed E-state index contributed by atoms with van der Waals surface area (Å²) < 4.78 is 6.10. The Balaban J connectivity index is 1.83. The van der Waals surface area contributed by atoms with Crippen LogP contribution in [-0.4, -0.2) is 35.7 Å². The van der Waals surface area contributed by atoms with Gasteiger partial charge in [0.25, 0.3) is 0 Å². The van der Waals surface area contributed by atoms with E-state index < -0.39 is 0 Å². The summed E-state index contributed by atoms with van der Waals surface area (Å²) in [6.45, 7) is 4.75. The topological polar surface area (TPSA) is 64.3 Å². The summed E-state index contributed by atoms with van der Waals surface area (Å²) in [6, 6.07) is 4.35. The summed E-state index contributed by atoms with van der Waals surface area (Å²) >= 11 is 0. The van der Waals surface area contributed by atoms with Crippen molar-refractivity contribution in [2.45, 2.75) is 32.3 Å². The lowest BCUT2D eigenvalue weighted by molar-refractivity contribution is 0.242. The SMILES string of the molecule is Cc1cc2c(c(-c3nccnc3N3CCCC3)c1)O[C@@H](CN)C2. The Hall–Kier alpha value is -2.14. The fourth-order valence-corrected chi connectivity index (χ4v) is 3.58. The van der Waals surface area contributed by atoms with Crippen LogP contribution < -0.4 is 15.4 Å². The van der Waals surface area contributed by atoms with Crippen molar-refractivity contribution in [2.24, 2.45) is 5.73 Å². The van der Waals surface area contributed by atoms with Crippen LogP contribution in [0.4, 0.5) is 5.82 Å². The molecular formula is C18H22N4O. The number of benzene rings is 1. The molecule has 0 unspecified atom stereocenters. The van der Waals surface area contributed by atoms with E-state index in [1.165, 1.54) is 24.0 Å². The van der Waals surface area contributed by atoms with Crippen molar-refractivity contribution in [1.82, 2.24) is 9.97 Å². The van der Waals surface area contributed by atoms with Gasteiger partial charge < -0.3 is 15.4 Å². The Labute approximate surface area is 136 Å². The molecule has 0 saturated carbocycles. The second-order valence-electron chi connectivity index (χ2n) is 6.40. The van der Waals surface area contributed by atoms with E-state index >= 15 is 0 Å². The lowest BCUT2D eigenvalue weighted by atomic mass is 10.0. The highest BCUT2D eigenvalue weighted by molar-refractivity contribution is 5.79. The molecule has 2 aliphatic heterocycles. The third-order valence-corrected chi connectivity index (χ3v) is 4.64. The lowest BCUT2D eigenvalue weighted by Crippen LogP contribution is -2.24. The van der Waals surface area contributed by atoms with Crippen LogP contribution in [0.25, 0.3) is 11.3 Å². The minimum absolute atomic E-state index is 0.0671. The van der Waals surface area contributed by atoms with Crippen LogP contribution in [0.3, 0.4) is 0 Å². The number of fused-ring (bicyclic) bond motifs is 1. The predicted octanol–water partition coefficient (Wildman–Crippen LogP) is 2.31. The van der Waals surface area contributed by atoms with E-state index in [1.54, 1.807) is 12.4 Å². The van der Waals surface area contributed by atoms with Gasteiger partial charge in [-0.3, -0.25) is 4.98 Å². The number of anilines is 1. The number of aromatic nitrogens is 2. The van der Waals surface area contributed by atoms with Gasteiger partial charge in [0.1, 0.15) is 17.5 Å². The largest absolute Gasteiger partial charge is 0.488 e. The van der Waals surface area contributed by atoms with Gasteiger partial charge in [-0.15, -0.1) is 0 Å². The molecule has 1 aromatic heterocycles. The summed E-state index contributed by atoms with van der Waals surface area (Å²) in [5.41, 5.74) is 10.2. The van der Waals surface area contributed by atoms with Crippen LogP contribution >= 0.6 is 0 Å². The Morgan fingerprint density at radius 3 is 2.78 bits per heavy atom. The number of nitrogens with zero attached hydrogens (tertiary/aromatic N) is 3. The summed E-state index contributed by atoms with van der Waals surface area (Å²) in [5, 5.41) is 0. The fourth-order valence-electron chi connectivity index (χ4n) is 3.58. The molecule has 2 aliphatic rings. The van der Waals surface area contributed by atoms with Crippen LogP contribution in [0.15, 0.2) is 24.5 Å². The van der Waals surface area contributed by atoms with Gasteiger partial charge in [0.2, 0.25) is 0 Å². The Morgan fingerprint density at radius 2 is 2.00 bits per heavy atom. The molecule has 3 heterocycles. The Kier molecular flexibility index (Phi) is 3.65. The summed E-state index contributed by atoms with van der Waals surface area (Å²) in [7, 11) is 0. The first kappa shape index (κ1) is 14.5. The maximum atomic E-state index is 6.10. The average molecular weight is 310 g/mol. The molecule has 5 heteroatoms. The highest BCUT2D eigenvalue weighted by Gasteiger charge is 2.28. The molecule has 2 N–H and O–H groups in total. The lowest BCUT2D eigenvalue weighted by Gasteiger charge is -2.20.